The summed E-state index contributed by atoms with van der Waals surface area (Å²) in [4.78, 5) is 4.33. The van der Waals surface area contributed by atoms with E-state index in [2.05, 4.69) is 4.98 Å². The number of aromatic nitrogens is 1. The molecule has 1 unspecified atom stereocenters. The van der Waals surface area contributed by atoms with Gasteiger partial charge in [0.15, 0.2) is 0 Å². The Morgan fingerprint density at radius 3 is 2.35 bits per heavy atom. The largest absolute Gasteiger partial charge is 0.481 e. The molecule has 3 nitrogen and oxygen atoms in total. The van der Waals surface area contributed by atoms with Crippen LogP contribution in [0.4, 0.5) is 0 Å². The van der Waals surface area contributed by atoms with E-state index in [4.69, 9.17) is 16.3 Å². The van der Waals surface area contributed by atoms with Crippen molar-refractivity contribution >= 4 is 11.6 Å². The molecule has 3 aromatic rings. The minimum Gasteiger partial charge on any atom is -0.481 e. The first-order chi connectivity index (χ1) is 11.2. The van der Waals surface area contributed by atoms with Crippen molar-refractivity contribution in [2.75, 3.05) is 7.11 Å². The number of hydrogen-bond acceptors (Lipinski definition) is 3. The maximum Gasteiger partial charge on any atom is 0.219 e. The molecule has 0 saturated heterocycles. The topological polar surface area (TPSA) is 42.4 Å². The smallest absolute Gasteiger partial charge is 0.219 e. The minimum atomic E-state index is -0.835. The first-order valence-electron chi connectivity index (χ1n) is 7.22. The molecule has 0 aliphatic rings. The number of benzene rings is 2. The Labute approximate surface area is 140 Å². The van der Waals surface area contributed by atoms with Crippen molar-refractivity contribution in [2.24, 2.45) is 0 Å². The van der Waals surface area contributed by atoms with Gasteiger partial charge in [0.05, 0.1) is 7.11 Å². The third kappa shape index (κ3) is 3.36. The Morgan fingerprint density at radius 1 is 1.00 bits per heavy atom. The molecule has 0 spiro atoms. The van der Waals surface area contributed by atoms with Crippen molar-refractivity contribution in [2.45, 2.75) is 6.10 Å². The summed E-state index contributed by atoms with van der Waals surface area (Å²) in [6.07, 6.45) is 0.907. The molecule has 0 amide bonds. The van der Waals surface area contributed by atoms with E-state index >= 15 is 0 Å². The number of pyridine rings is 1. The number of methoxy groups -OCH3 is 1. The molecule has 23 heavy (non-hydrogen) atoms. The van der Waals surface area contributed by atoms with Crippen molar-refractivity contribution in [3.05, 3.63) is 83.0 Å². The first-order valence-corrected chi connectivity index (χ1v) is 7.59. The molecule has 4 heteroatoms. The molecule has 1 atom stereocenters. The van der Waals surface area contributed by atoms with Crippen LogP contribution in [0.25, 0.3) is 11.1 Å². The number of halogens is 1. The number of aliphatic hydroxyl groups excluding tert-OH is 1. The molecular formula is C19H16ClNO2. The summed E-state index contributed by atoms with van der Waals surface area (Å²) in [5, 5.41) is 11.3. The number of aliphatic hydroxyl groups is 1. The Hall–Kier alpha value is -2.36. The van der Waals surface area contributed by atoms with E-state index in [-0.39, 0.29) is 0 Å². The van der Waals surface area contributed by atoms with Gasteiger partial charge in [0.2, 0.25) is 5.88 Å². The maximum atomic E-state index is 10.7. The Morgan fingerprint density at radius 2 is 1.70 bits per heavy atom. The average molecular weight is 326 g/mol. The molecule has 116 valence electrons. The van der Waals surface area contributed by atoms with Gasteiger partial charge in [-0.3, -0.25) is 0 Å². The lowest BCUT2D eigenvalue weighted by Crippen LogP contribution is -2.04. The van der Waals surface area contributed by atoms with Gasteiger partial charge in [-0.15, -0.1) is 0 Å². The molecule has 3 rings (SSSR count). The van der Waals surface area contributed by atoms with Crippen LogP contribution < -0.4 is 4.74 Å². The highest BCUT2D eigenvalue weighted by Crippen LogP contribution is 2.32. The quantitative estimate of drug-likeness (QED) is 0.768. The molecule has 0 fully saturated rings. The number of hydrogen-bond donors (Lipinski definition) is 1. The third-order valence-corrected chi connectivity index (χ3v) is 3.91. The number of ether oxygens (including phenoxy) is 1. The molecular weight excluding hydrogens is 310 g/mol. The summed E-state index contributed by atoms with van der Waals surface area (Å²) < 4.78 is 5.31. The zero-order valence-corrected chi connectivity index (χ0v) is 13.4. The summed E-state index contributed by atoms with van der Waals surface area (Å²) in [6.45, 7) is 0. The van der Waals surface area contributed by atoms with E-state index in [1.165, 1.54) is 0 Å². The fraction of sp³-hybridized carbons (Fsp3) is 0.105. The Bertz CT molecular complexity index is 788. The van der Waals surface area contributed by atoms with Crippen LogP contribution in [-0.2, 0) is 0 Å². The van der Waals surface area contributed by atoms with E-state index < -0.39 is 6.10 Å². The summed E-state index contributed by atoms with van der Waals surface area (Å²) in [6, 6.07) is 18.9. The predicted molar refractivity (Wildman–Crippen MR) is 91.7 cm³/mol. The molecule has 2 aromatic carbocycles. The lowest BCUT2D eigenvalue weighted by molar-refractivity contribution is 0.213. The van der Waals surface area contributed by atoms with Gasteiger partial charge in [0, 0.05) is 22.3 Å². The lowest BCUT2D eigenvalue weighted by Gasteiger charge is -2.16. The number of rotatable bonds is 4. The summed E-state index contributed by atoms with van der Waals surface area (Å²) in [7, 11) is 1.54. The average Bonchev–Trinajstić information content (AvgIpc) is 2.62. The fourth-order valence-corrected chi connectivity index (χ4v) is 2.57. The predicted octanol–water partition coefficient (Wildman–Crippen LogP) is 4.49. The van der Waals surface area contributed by atoms with E-state index in [0.29, 0.717) is 16.5 Å². The van der Waals surface area contributed by atoms with Gasteiger partial charge >= 0.3 is 0 Å². The second kappa shape index (κ2) is 6.82. The van der Waals surface area contributed by atoms with Crippen LogP contribution in [-0.4, -0.2) is 17.2 Å². The highest BCUT2D eigenvalue weighted by atomic mass is 35.5. The van der Waals surface area contributed by atoms with Crippen LogP contribution in [0.5, 0.6) is 5.88 Å². The van der Waals surface area contributed by atoms with Crippen molar-refractivity contribution in [1.29, 1.82) is 0 Å². The van der Waals surface area contributed by atoms with Crippen molar-refractivity contribution in [3.63, 3.8) is 0 Å². The maximum absolute atomic E-state index is 10.7. The van der Waals surface area contributed by atoms with Crippen LogP contribution in [0.2, 0.25) is 5.02 Å². The standard InChI is InChI=1S/C19H16ClNO2/c1-23-19-17(18(22)14-7-9-16(20)10-8-14)11-15(12-21-19)13-5-3-2-4-6-13/h2-12,18,22H,1H3. The van der Waals surface area contributed by atoms with Crippen LogP contribution in [0.15, 0.2) is 66.9 Å². The van der Waals surface area contributed by atoms with Crippen LogP contribution >= 0.6 is 11.6 Å². The molecule has 0 aliphatic heterocycles. The van der Waals surface area contributed by atoms with Crippen molar-refractivity contribution in [1.82, 2.24) is 4.98 Å². The Kier molecular flexibility index (Phi) is 4.60. The lowest BCUT2D eigenvalue weighted by atomic mass is 9.99. The highest BCUT2D eigenvalue weighted by Gasteiger charge is 2.17. The molecule has 0 saturated carbocycles. The monoisotopic (exact) mass is 325 g/mol. The van der Waals surface area contributed by atoms with Crippen LogP contribution in [0, 0.1) is 0 Å². The number of nitrogens with zero attached hydrogens (tertiary/aromatic N) is 1. The second-order valence-electron chi connectivity index (χ2n) is 5.14. The minimum absolute atomic E-state index is 0.409. The molecule has 0 aliphatic carbocycles. The summed E-state index contributed by atoms with van der Waals surface area (Å²) >= 11 is 5.91. The molecule has 0 bridgehead atoms. The zero-order valence-electron chi connectivity index (χ0n) is 12.6. The molecule has 1 N–H and O–H groups in total. The third-order valence-electron chi connectivity index (χ3n) is 3.66. The van der Waals surface area contributed by atoms with Gasteiger partial charge in [0.1, 0.15) is 6.10 Å². The zero-order chi connectivity index (χ0) is 16.2. The molecule has 1 heterocycles. The first kappa shape index (κ1) is 15.5. The van der Waals surface area contributed by atoms with Crippen molar-refractivity contribution < 1.29 is 9.84 Å². The van der Waals surface area contributed by atoms with E-state index in [1.807, 2.05) is 36.4 Å². The van der Waals surface area contributed by atoms with Gasteiger partial charge in [-0.05, 0) is 29.3 Å². The normalized spacial score (nSPS) is 12.0. The SMILES string of the molecule is COc1ncc(-c2ccccc2)cc1C(O)c1ccc(Cl)cc1. The van der Waals surface area contributed by atoms with Crippen molar-refractivity contribution in [3.8, 4) is 17.0 Å². The summed E-state index contributed by atoms with van der Waals surface area (Å²) in [5.41, 5.74) is 3.32. The summed E-state index contributed by atoms with van der Waals surface area (Å²) in [5.74, 6) is 0.409. The Balaban J connectivity index is 2.04. The fourth-order valence-electron chi connectivity index (χ4n) is 2.45. The molecule has 0 radical (unpaired) electrons. The van der Waals surface area contributed by atoms with Gasteiger partial charge in [-0.2, -0.15) is 0 Å². The second-order valence-corrected chi connectivity index (χ2v) is 5.58. The van der Waals surface area contributed by atoms with E-state index in [1.54, 1.807) is 37.6 Å². The molecule has 1 aromatic heterocycles. The van der Waals surface area contributed by atoms with Gasteiger partial charge in [-0.1, -0.05) is 54.1 Å². The van der Waals surface area contributed by atoms with Gasteiger partial charge in [-0.25, -0.2) is 4.98 Å². The highest BCUT2D eigenvalue weighted by molar-refractivity contribution is 6.30. The van der Waals surface area contributed by atoms with E-state index in [0.717, 1.165) is 16.7 Å². The van der Waals surface area contributed by atoms with Crippen LogP contribution in [0.1, 0.15) is 17.2 Å². The van der Waals surface area contributed by atoms with Gasteiger partial charge in [0.25, 0.3) is 0 Å². The van der Waals surface area contributed by atoms with Gasteiger partial charge < -0.3 is 9.84 Å². The van der Waals surface area contributed by atoms with E-state index in [9.17, 15) is 5.11 Å². The van der Waals surface area contributed by atoms with Crippen LogP contribution in [0.3, 0.4) is 0 Å².